The van der Waals surface area contributed by atoms with Crippen LogP contribution in [0.1, 0.15) is 19.3 Å². The number of carboxylic acids is 1. The molecule has 0 aliphatic heterocycles. The van der Waals surface area contributed by atoms with Gasteiger partial charge in [-0.1, -0.05) is 0 Å². The van der Waals surface area contributed by atoms with Crippen LogP contribution in [0.2, 0.25) is 0 Å². The molecule has 4 nitrogen and oxygen atoms in total. The molecule has 1 N–H and O–H groups in total. The van der Waals surface area contributed by atoms with Crippen molar-refractivity contribution in [1.82, 2.24) is 5.32 Å². The maximum atomic E-state index is 11.6. The number of aliphatic carboxylic acids is 1. The predicted molar refractivity (Wildman–Crippen MR) is 37.9 cm³/mol. The Bertz CT molecular complexity index is 215. The number of halogens is 3. The normalized spacial score (nSPS) is 11.1. The van der Waals surface area contributed by atoms with Crippen LogP contribution < -0.4 is 10.4 Å². The lowest BCUT2D eigenvalue weighted by molar-refractivity contribution is -0.305. The highest BCUT2D eigenvalue weighted by atomic mass is 19.4. The van der Waals surface area contributed by atoms with Crippen LogP contribution in [0.4, 0.5) is 13.2 Å². The van der Waals surface area contributed by atoms with Crippen LogP contribution in [0, 0.1) is 0 Å². The molecule has 0 aliphatic rings. The van der Waals surface area contributed by atoms with Gasteiger partial charge in [-0.15, -0.1) is 0 Å². The van der Waals surface area contributed by atoms with E-state index in [1.54, 1.807) is 5.32 Å². The summed E-state index contributed by atoms with van der Waals surface area (Å²) in [7, 11) is 0. The number of hydrogen-bond acceptors (Lipinski definition) is 3. The monoisotopic (exact) mass is 212 g/mol. The van der Waals surface area contributed by atoms with E-state index < -0.39 is 18.1 Å². The first-order valence-electron chi connectivity index (χ1n) is 3.89. The minimum Gasteiger partial charge on any atom is -0.550 e. The zero-order valence-corrected chi connectivity index (χ0v) is 7.19. The highest BCUT2D eigenvalue weighted by Gasteiger charge is 2.37. The van der Waals surface area contributed by atoms with Crippen molar-refractivity contribution in [2.24, 2.45) is 0 Å². The van der Waals surface area contributed by atoms with E-state index in [1.165, 1.54) is 0 Å². The van der Waals surface area contributed by atoms with Crippen molar-refractivity contribution < 1.29 is 27.9 Å². The van der Waals surface area contributed by atoms with Crippen LogP contribution >= 0.6 is 0 Å². The highest BCUT2D eigenvalue weighted by molar-refractivity contribution is 5.81. The first kappa shape index (κ1) is 12.7. The molecule has 0 radical (unpaired) electrons. The number of hydrogen-bond donors (Lipinski definition) is 1. The lowest BCUT2D eigenvalue weighted by Crippen LogP contribution is -2.37. The summed E-state index contributed by atoms with van der Waals surface area (Å²) < 4.78 is 34.7. The van der Waals surface area contributed by atoms with Gasteiger partial charge >= 0.3 is 12.1 Å². The predicted octanol–water partition coefficient (Wildman–Crippen LogP) is -0.415. The molecule has 1 amide bonds. The summed E-state index contributed by atoms with van der Waals surface area (Å²) in [6.45, 7) is -0.189. The number of carboxylic acid groups (broad SMARTS) is 1. The Morgan fingerprint density at radius 1 is 1.21 bits per heavy atom. The lowest BCUT2D eigenvalue weighted by atomic mass is 10.2. The topological polar surface area (TPSA) is 69.2 Å². The fourth-order valence-corrected chi connectivity index (χ4v) is 0.696. The van der Waals surface area contributed by atoms with E-state index in [1.807, 2.05) is 0 Å². The summed E-state index contributed by atoms with van der Waals surface area (Å²) >= 11 is 0. The van der Waals surface area contributed by atoms with E-state index in [9.17, 15) is 27.9 Å². The summed E-state index contributed by atoms with van der Waals surface area (Å²) in [4.78, 5) is 20.1. The van der Waals surface area contributed by atoms with E-state index in [0.29, 0.717) is 0 Å². The molecule has 0 aliphatic carbocycles. The standard InChI is InChI=1S/C7H10F3NO3/c8-7(9,10)6(14)11-4-2-1-3-5(12)13/h1-4H2,(H,11,14)(H,12,13)/p-1. The van der Waals surface area contributed by atoms with E-state index in [-0.39, 0.29) is 25.8 Å². The van der Waals surface area contributed by atoms with Gasteiger partial charge in [-0.05, 0) is 19.3 Å². The number of amides is 1. The second kappa shape index (κ2) is 5.46. The molecule has 0 spiro atoms. The van der Waals surface area contributed by atoms with E-state index in [4.69, 9.17) is 0 Å². The summed E-state index contributed by atoms with van der Waals surface area (Å²) in [5.41, 5.74) is 0. The minimum absolute atomic E-state index is 0.176. The molecular weight excluding hydrogens is 203 g/mol. The quantitative estimate of drug-likeness (QED) is 0.629. The number of carbonyl (C=O) groups excluding carboxylic acids is 2. The number of nitrogens with one attached hydrogen (secondary N) is 1. The van der Waals surface area contributed by atoms with Gasteiger partial charge < -0.3 is 15.2 Å². The number of alkyl halides is 3. The second-order valence-corrected chi connectivity index (χ2v) is 2.58. The Kier molecular flexibility index (Phi) is 4.96. The summed E-state index contributed by atoms with van der Waals surface area (Å²) in [5.74, 6) is -3.27. The first-order chi connectivity index (χ1) is 6.34. The molecule has 0 atom stereocenters. The van der Waals surface area contributed by atoms with Crippen molar-refractivity contribution in [2.75, 3.05) is 6.54 Å². The largest absolute Gasteiger partial charge is 0.550 e. The molecular formula is C7H9F3NO3-. The van der Waals surface area contributed by atoms with Gasteiger partial charge in [0.15, 0.2) is 0 Å². The Labute approximate surface area is 78.1 Å². The van der Waals surface area contributed by atoms with Gasteiger partial charge in [-0.25, -0.2) is 0 Å². The number of rotatable bonds is 5. The lowest BCUT2D eigenvalue weighted by Gasteiger charge is -2.07. The smallest absolute Gasteiger partial charge is 0.471 e. The number of unbranched alkanes of at least 4 members (excludes halogenated alkanes) is 1. The van der Waals surface area contributed by atoms with Crippen LogP contribution in [0.15, 0.2) is 0 Å². The van der Waals surface area contributed by atoms with Gasteiger partial charge in [0.1, 0.15) is 0 Å². The summed E-state index contributed by atoms with van der Waals surface area (Å²) in [5, 5.41) is 11.5. The van der Waals surface area contributed by atoms with Gasteiger partial charge in [-0.3, -0.25) is 4.79 Å². The molecule has 0 saturated heterocycles. The third-order valence-electron chi connectivity index (χ3n) is 1.35. The fraction of sp³-hybridized carbons (Fsp3) is 0.714. The van der Waals surface area contributed by atoms with Crippen molar-refractivity contribution in [2.45, 2.75) is 25.4 Å². The Morgan fingerprint density at radius 2 is 1.79 bits per heavy atom. The molecule has 0 unspecified atom stereocenters. The fourth-order valence-electron chi connectivity index (χ4n) is 0.696. The molecule has 7 heteroatoms. The van der Waals surface area contributed by atoms with Gasteiger partial charge in [0.25, 0.3) is 0 Å². The van der Waals surface area contributed by atoms with Gasteiger partial charge in [0.2, 0.25) is 0 Å². The van der Waals surface area contributed by atoms with E-state index in [2.05, 4.69) is 0 Å². The maximum Gasteiger partial charge on any atom is 0.471 e. The van der Waals surface area contributed by atoms with Crippen molar-refractivity contribution in [3.63, 3.8) is 0 Å². The summed E-state index contributed by atoms with van der Waals surface area (Å²) in [6.07, 6.45) is -4.74. The van der Waals surface area contributed by atoms with Crippen LogP contribution in [0.5, 0.6) is 0 Å². The zero-order valence-electron chi connectivity index (χ0n) is 7.19. The molecule has 0 saturated carbocycles. The van der Waals surface area contributed by atoms with Crippen molar-refractivity contribution >= 4 is 11.9 Å². The SMILES string of the molecule is O=C([O-])CCCCNC(=O)C(F)(F)F. The highest BCUT2D eigenvalue weighted by Crippen LogP contribution is 2.13. The van der Waals surface area contributed by atoms with Crippen LogP contribution in [0.3, 0.4) is 0 Å². The summed E-state index contributed by atoms with van der Waals surface area (Å²) in [6, 6.07) is 0. The zero-order chi connectivity index (χ0) is 11.2. The molecule has 14 heavy (non-hydrogen) atoms. The molecule has 82 valence electrons. The van der Waals surface area contributed by atoms with Crippen LogP contribution in [-0.4, -0.2) is 24.6 Å². The first-order valence-corrected chi connectivity index (χ1v) is 3.89. The third kappa shape index (κ3) is 6.27. The molecule has 0 bridgehead atoms. The van der Waals surface area contributed by atoms with Crippen molar-refractivity contribution in [3.05, 3.63) is 0 Å². The molecule has 0 aromatic heterocycles. The van der Waals surface area contributed by atoms with Gasteiger partial charge in [0.05, 0.1) is 0 Å². The Morgan fingerprint density at radius 3 is 2.21 bits per heavy atom. The van der Waals surface area contributed by atoms with Crippen LogP contribution in [-0.2, 0) is 9.59 Å². The van der Waals surface area contributed by atoms with Crippen molar-refractivity contribution in [3.8, 4) is 0 Å². The Hall–Kier alpha value is -1.27. The Balaban J connectivity index is 3.46. The molecule has 0 fully saturated rings. The van der Waals surface area contributed by atoms with E-state index in [0.717, 1.165) is 0 Å². The van der Waals surface area contributed by atoms with E-state index >= 15 is 0 Å². The minimum atomic E-state index is -4.88. The van der Waals surface area contributed by atoms with Crippen LogP contribution in [0.25, 0.3) is 0 Å². The average molecular weight is 212 g/mol. The van der Waals surface area contributed by atoms with Gasteiger partial charge in [0, 0.05) is 12.5 Å². The molecule has 0 rings (SSSR count). The molecule has 0 heterocycles. The third-order valence-corrected chi connectivity index (χ3v) is 1.35. The second-order valence-electron chi connectivity index (χ2n) is 2.58. The average Bonchev–Trinajstić information content (AvgIpc) is 2.01. The molecule has 0 aromatic carbocycles. The van der Waals surface area contributed by atoms with Crippen molar-refractivity contribution in [1.29, 1.82) is 0 Å². The maximum absolute atomic E-state index is 11.6. The molecule has 0 aromatic rings. The number of carbonyl (C=O) groups is 2. The van der Waals surface area contributed by atoms with Gasteiger partial charge in [-0.2, -0.15) is 13.2 Å².